The third-order valence-corrected chi connectivity index (χ3v) is 3.07. The maximum absolute atomic E-state index is 13.6. The van der Waals surface area contributed by atoms with Crippen LogP contribution < -0.4 is 0 Å². The lowest BCUT2D eigenvalue weighted by Gasteiger charge is -2.20. The van der Waals surface area contributed by atoms with Gasteiger partial charge in [0.2, 0.25) is 0 Å². The highest BCUT2D eigenvalue weighted by Gasteiger charge is 2.39. The Kier molecular flexibility index (Phi) is 3.14. The van der Waals surface area contributed by atoms with Crippen LogP contribution in [-0.4, -0.2) is 28.2 Å². The molecule has 0 aromatic carbocycles. The second-order valence-corrected chi connectivity index (χ2v) is 4.42. The van der Waals surface area contributed by atoms with E-state index < -0.39 is 22.8 Å². The number of aliphatic imine (C=N–C) groups is 3. The number of amides is 1. The highest BCUT2D eigenvalue weighted by atomic mass is 35.5. The van der Waals surface area contributed by atoms with E-state index in [4.69, 9.17) is 23.2 Å². The molecule has 16 heavy (non-hydrogen) atoms. The fourth-order valence-corrected chi connectivity index (χ4v) is 2.15. The van der Waals surface area contributed by atoms with Gasteiger partial charge in [-0.05, 0) is 6.26 Å². The molecule has 0 saturated carbocycles. The Hall–Kier alpha value is -0.720. The zero-order chi connectivity index (χ0) is 11.9. The summed E-state index contributed by atoms with van der Waals surface area (Å²) in [5.41, 5.74) is -0.116. The van der Waals surface area contributed by atoms with Crippen LogP contribution in [0.3, 0.4) is 0 Å². The monoisotopic (exact) mass is 279 g/mol. The molecule has 4 nitrogen and oxygen atoms in total. The highest BCUT2D eigenvalue weighted by molar-refractivity contribution is 8.13. The molecular weight excluding hydrogens is 276 g/mol. The van der Waals surface area contributed by atoms with Gasteiger partial charge < -0.3 is 0 Å². The second kappa shape index (κ2) is 4.27. The largest absolute Gasteiger partial charge is 0.271 e. The molecule has 8 heteroatoms. The predicted octanol–water partition coefficient (Wildman–Crippen LogP) is 2.33. The summed E-state index contributed by atoms with van der Waals surface area (Å²) in [7, 11) is 0. The van der Waals surface area contributed by atoms with E-state index in [1.165, 1.54) is 0 Å². The molecule has 0 saturated heterocycles. The summed E-state index contributed by atoms with van der Waals surface area (Å²) < 4.78 is 13.6. The third-order valence-electron chi connectivity index (χ3n) is 1.97. The Morgan fingerprint density at radius 2 is 2.00 bits per heavy atom. The number of hydrogen-bond donors (Lipinski definition) is 0. The zero-order valence-electron chi connectivity index (χ0n) is 7.87. The SMILES string of the molecule is CSC1=NC(=O)C2C(Cl)=NC(Cl)=C(F)C2=N1. The molecule has 0 aromatic rings. The van der Waals surface area contributed by atoms with Crippen LogP contribution in [0, 0.1) is 5.92 Å². The third kappa shape index (κ3) is 1.81. The Balaban J connectivity index is 2.56. The van der Waals surface area contributed by atoms with Gasteiger partial charge in [0.1, 0.15) is 16.8 Å². The van der Waals surface area contributed by atoms with Gasteiger partial charge in [-0.3, -0.25) is 4.79 Å². The van der Waals surface area contributed by atoms with Crippen LogP contribution in [0.4, 0.5) is 4.39 Å². The van der Waals surface area contributed by atoms with Gasteiger partial charge in [-0.2, -0.15) is 4.99 Å². The lowest BCUT2D eigenvalue weighted by Crippen LogP contribution is -2.35. The van der Waals surface area contributed by atoms with Crippen molar-refractivity contribution >= 4 is 56.9 Å². The van der Waals surface area contributed by atoms with Crippen LogP contribution in [-0.2, 0) is 4.79 Å². The van der Waals surface area contributed by atoms with Gasteiger partial charge in [0, 0.05) is 0 Å². The molecule has 0 N–H and O–H groups in total. The van der Waals surface area contributed by atoms with E-state index in [9.17, 15) is 9.18 Å². The second-order valence-electron chi connectivity index (χ2n) is 2.91. The quantitative estimate of drug-likeness (QED) is 0.639. The van der Waals surface area contributed by atoms with E-state index >= 15 is 0 Å². The van der Waals surface area contributed by atoms with Gasteiger partial charge in [0.15, 0.2) is 16.2 Å². The van der Waals surface area contributed by atoms with E-state index in [0.29, 0.717) is 0 Å². The Morgan fingerprint density at radius 1 is 1.31 bits per heavy atom. The maximum atomic E-state index is 13.6. The van der Waals surface area contributed by atoms with Crippen molar-refractivity contribution in [2.75, 3.05) is 6.26 Å². The molecule has 0 bridgehead atoms. The average molecular weight is 280 g/mol. The van der Waals surface area contributed by atoms with Crippen LogP contribution in [0.15, 0.2) is 26.0 Å². The molecule has 1 unspecified atom stereocenters. The molecule has 0 aromatic heterocycles. The first-order valence-electron chi connectivity index (χ1n) is 4.09. The van der Waals surface area contributed by atoms with Crippen molar-refractivity contribution in [3.63, 3.8) is 0 Å². The van der Waals surface area contributed by atoms with E-state index in [1.54, 1.807) is 6.26 Å². The average Bonchev–Trinajstić information content (AvgIpc) is 2.24. The molecule has 1 amide bonds. The van der Waals surface area contributed by atoms with Crippen molar-refractivity contribution < 1.29 is 9.18 Å². The first kappa shape index (κ1) is 11.8. The number of carbonyl (C=O) groups excluding carboxylic acids is 1. The summed E-state index contributed by atoms with van der Waals surface area (Å²) in [5, 5.41) is -0.323. The number of rotatable bonds is 0. The van der Waals surface area contributed by atoms with Gasteiger partial charge in [-0.15, -0.1) is 0 Å². The molecule has 0 spiro atoms. The number of amidine groups is 1. The minimum Gasteiger partial charge on any atom is -0.271 e. The summed E-state index contributed by atoms with van der Waals surface area (Å²) in [5.74, 6) is -2.46. The normalized spacial score (nSPS) is 24.9. The van der Waals surface area contributed by atoms with Crippen LogP contribution in [0.1, 0.15) is 0 Å². The first-order chi connectivity index (χ1) is 7.54. The van der Waals surface area contributed by atoms with Crippen LogP contribution >= 0.6 is 35.0 Å². The minimum atomic E-state index is -1.06. The molecule has 2 aliphatic rings. The lowest BCUT2D eigenvalue weighted by molar-refractivity contribution is -0.118. The van der Waals surface area contributed by atoms with Gasteiger partial charge in [0.05, 0.1) is 0 Å². The number of hydrogen-bond acceptors (Lipinski definition) is 4. The number of carbonyl (C=O) groups is 1. The van der Waals surface area contributed by atoms with Gasteiger partial charge >= 0.3 is 0 Å². The van der Waals surface area contributed by atoms with E-state index in [2.05, 4.69) is 15.0 Å². The van der Waals surface area contributed by atoms with Crippen LogP contribution in [0.2, 0.25) is 0 Å². The van der Waals surface area contributed by atoms with Crippen molar-refractivity contribution in [3.8, 4) is 0 Å². The number of thioether (sulfide) groups is 1. The van der Waals surface area contributed by atoms with E-state index in [1.807, 2.05) is 0 Å². The summed E-state index contributed by atoms with van der Waals surface area (Å²) in [6.07, 6.45) is 1.68. The van der Waals surface area contributed by atoms with E-state index in [-0.39, 0.29) is 16.1 Å². The maximum Gasteiger partial charge on any atom is 0.264 e. The fourth-order valence-electron chi connectivity index (χ4n) is 1.26. The molecule has 0 fully saturated rings. The summed E-state index contributed by atoms with van der Waals surface area (Å²) >= 11 is 12.4. The molecule has 2 rings (SSSR count). The number of halogens is 3. The standard InChI is InChI=1S/C8H4Cl2FN3OS/c1-16-8-12-4-2(7(15)14-8)5(9)13-6(10)3(4)11/h2H,1H3. The smallest absolute Gasteiger partial charge is 0.264 e. The highest BCUT2D eigenvalue weighted by Crippen LogP contribution is 2.30. The lowest BCUT2D eigenvalue weighted by atomic mass is 10.0. The fraction of sp³-hybridized carbons (Fsp3) is 0.250. The number of fused-ring (bicyclic) bond motifs is 1. The van der Waals surface area contributed by atoms with Gasteiger partial charge in [-0.1, -0.05) is 35.0 Å². The van der Waals surface area contributed by atoms with Crippen molar-refractivity contribution in [1.82, 2.24) is 0 Å². The minimum absolute atomic E-state index is 0.112. The zero-order valence-corrected chi connectivity index (χ0v) is 10.2. The molecular formula is C8H4Cl2FN3OS. The van der Waals surface area contributed by atoms with Crippen molar-refractivity contribution in [2.45, 2.75) is 0 Å². The van der Waals surface area contributed by atoms with Crippen LogP contribution in [0.25, 0.3) is 0 Å². The Bertz CT molecular complexity index is 498. The molecule has 2 aliphatic heterocycles. The van der Waals surface area contributed by atoms with Crippen molar-refractivity contribution in [1.29, 1.82) is 0 Å². The Labute approximate surface area is 104 Å². The summed E-state index contributed by atoms with van der Waals surface area (Å²) in [6, 6.07) is 0. The van der Waals surface area contributed by atoms with Crippen LogP contribution in [0.5, 0.6) is 0 Å². The molecule has 84 valence electrons. The molecule has 0 aliphatic carbocycles. The van der Waals surface area contributed by atoms with Gasteiger partial charge in [-0.25, -0.2) is 14.4 Å². The number of allylic oxidation sites excluding steroid dienone is 1. The predicted molar refractivity (Wildman–Crippen MR) is 64.2 cm³/mol. The van der Waals surface area contributed by atoms with Crippen molar-refractivity contribution in [2.24, 2.45) is 20.9 Å². The van der Waals surface area contributed by atoms with E-state index in [0.717, 1.165) is 11.8 Å². The topological polar surface area (TPSA) is 54.1 Å². The Morgan fingerprint density at radius 3 is 2.62 bits per heavy atom. The summed E-state index contributed by atoms with van der Waals surface area (Å²) in [4.78, 5) is 22.6. The van der Waals surface area contributed by atoms with Gasteiger partial charge in [0.25, 0.3) is 5.91 Å². The molecule has 1 atom stereocenters. The van der Waals surface area contributed by atoms with Crippen molar-refractivity contribution in [3.05, 3.63) is 11.0 Å². The molecule has 2 heterocycles. The summed E-state index contributed by atoms with van der Waals surface area (Å²) in [6.45, 7) is 0. The first-order valence-corrected chi connectivity index (χ1v) is 6.07. The molecule has 0 radical (unpaired) electrons. The number of nitrogens with zero attached hydrogens (tertiary/aromatic N) is 3.